The van der Waals surface area contributed by atoms with E-state index in [1.807, 2.05) is 30.3 Å². The summed E-state index contributed by atoms with van der Waals surface area (Å²) in [7, 11) is -4.94. The summed E-state index contributed by atoms with van der Waals surface area (Å²) in [4.78, 5) is 0. The van der Waals surface area contributed by atoms with E-state index in [4.69, 9.17) is 34.2 Å². The quantitative estimate of drug-likeness (QED) is 0.188. The van der Waals surface area contributed by atoms with Gasteiger partial charge in [-0.05, 0) is 47.0 Å². The van der Waals surface area contributed by atoms with Crippen LogP contribution in [-0.4, -0.2) is 43.6 Å². The fourth-order valence-corrected chi connectivity index (χ4v) is 5.23. The Morgan fingerprint density at radius 3 is 1.88 bits per heavy atom. The Balaban J connectivity index is 1.82. The molecule has 0 aliphatic rings. The summed E-state index contributed by atoms with van der Waals surface area (Å²) >= 11 is 6.58. The van der Waals surface area contributed by atoms with Crippen LogP contribution in [0.25, 0.3) is 22.3 Å². The first-order valence-corrected chi connectivity index (χ1v) is 16.0. The molecule has 12 heteroatoms. The minimum absolute atomic E-state index is 0.100. The second-order valence-corrected chi connectivity index (χ2v) is 12.4. The fourth-order valence-electron chi connectivity index (χ4n) is 4.07. The van der Waals surface area contributed by atoms with Crippen LogP contribution >= 0.6 is 11.6 Å². The Morgan fingerprint density at radius 2 is 1.32 bits per heavy atom. The van der Waals surface area contributed by atoms with E-state index in [2.05, 4.69) is 0 Å². The maximum Gasteiger partial charge on any atom is 0.306 e. The molecule has 0 radical (unpaired) electrons. The minimum Gasteiger partial charge on any atom is -0.496 e. The molecule has 4 aromatic carbocycles. The predicted molar refractivity (Wildman–Crippen MR) is 157 cm³/mol. The molecule has 4 aromatic rings. The molecule has 0 heterocycles. The maximum atomic E-state index is 12.4. The van der Waals surface area contributed by atoms with Crippen molar-refractivity contribution in [3.05, 3.63) is 89.4 Å². The van der Waals surface area contributed by atoms with Gasteiger partial charge in [-0.2, -0.15) is 16.8 Å². The molecule has 0 aliphatic carbocycles. The van der Waals surface area contributed by atoms with Crippen LogP contribution in [0, 0.1) is 0 Å². The van der Waals surface area contributed by atoms with Crippen LogP contribution in [0.2, 0.25) is 5.02 Å². The van der Waals surface area contributed by atoms with Crippen molar-refractivity contribution >= 4 is 31.8 Å². The van der Waals surface area contributed by atoms with Gasteiger partial charge in [-0.1, -0.05) is 60.1 Å². The highest BCUT2D eigenvalue weighted by Crippen LogP contribution is 2.51. The highest BCUT2D eigenvalue weighted by molar-refractivity contribution is 7.86. The fraction of sp³-hybridized carbons (Fsp3) is 0.172. The lowest BCUT2D eigenvalue weighted by Gasteiger charge is -2.21. The molecule has 0 amide bonds. The van der Waals surface area contributed by atoms with Crippen molar-refractivity contribution in [2.75, 3.05) is 26.7 Å². The molecular weight excluding hydrogens is 592 g/mol. The van der Waals surface area contributed by atoms with E-state index in [0.717, 1.165) is 18.1 Å². The molecule has 9 nitrogen and oxygen atoms in total. The van der Waals surface area contributed by atoms with Gasteiger partial charge in [-0.25, -0.2) is 0 Å². The van der Waals surface area contributed by atoms with Gasteiger partial charge in [0.05, 0.1) is 37.3 Å². The SMILES string of the molecule is COc1cc(-c2ccc(OS(C)(=O)=O)cc2)c(OC)c(OS(C)(=O)=O)c1-c1ccc(OCc2ccccc2)c(Cl)c1. The van der Waals surface area contributed by atoms with E-state index >= 15 is 0 Å². The first-order valence-electron chi connectivity index (χ1n) is 12.0. The van der Waals surface area contributed by atoms with Crippen molar-refractivity contribution in [2.45, 2.75) is 6.61 Å². The number of methoxy groups -OCH3 is 2. The monoisotopic (exact) mass is 618 g/mol. The number of ether oxygens (including phenoxy) is 3. The molecule has 0 spiro atoms. The largest absolute Gasteiger partial charge is 0.496 e. The van der Waals surface area contributed by atoms with E-state index in [0.29, 0.717) is 29.0 Å². The summed E-state index contributed by atoms with van der Waals surface area (Å²) in [5.41, 5.74) is 2.71. The molecule has 0 unspecified atom stereocenters. The zero-order chi connectivity index (χ0) is 29.8. The molecule has 41 heavy (non-hydrogen) atoms. The van der Waals surface area contributed by atoms with Gasteiger partial charge in [0, 0.05) is 5.56 Å². The third-order valence-corrected chi connectivity index (χ3v) is 6.99. The van der Waals surface area contributed by atoms with Crippen LogP contribution in [0.1, 0.15) is 5.56 Å². The number of halogens is 1. The van der Waals surface area contributed by atoms with Crippen LogP contribution < -0.4 is 22.6 Å². The van der Waals surface area contributed by atoms with Gasteiger partial charge in [0.1, 0.15) is 23.9 Å². The molecule has 0 N–H and O–H groups in total. The highest BCUT2D eigenvalue weighted by Gasteiger charge is 2.27. The van der Waals surface area contributed by atoms with E-state index in [9.17, 15) is 16.8 Å². The number of rotatable bonds is 11. The van der Waals surface area contributed by atoms with Crippen molar-refractivity contribution in [1.82, 2.24) is 0 Å². The zero-order valence-corrected chi connectivity index (χ0v) is 25.0. The van der Waals surface area contributed by atoms with Gasteiger partial charge in [-0.3, -0.25) is 0 Å². The Kier molecular flexibility index (Phi) is 9.01. The van der Waals surface area contributed by atoms with Crippen LogP contribution in [-0.2, 0) is 26.8 Å². The van der Waals surface area contributed by atoms with Gasteiger partial charge in [-0.15, -0.1) is 0 Å². The van der Waals surface area contributed by atoms with E-state index in [-0.39, 0.29) is 33.6 Å². The summed E-state index contributed by atoms with van der Waals surface area (Å²) in [6, 6.07) is 22.4. The molecule has 0 aromatic heterocycles. The van der Waals surface area contributed by atoms with E-state index in [1.165, 1.54) is 26.4 Å². The molecule has 0 saturated heterocycles. The third-order valence-electron chi connectivity index (χ3n) is 5.73. The van der Waals surface area contributed by atoms with Crippen molar-refractivity contribution < 1.29 is 39.4 Å². The van der Waals surface area contributed by atoms with Gasteiger partial charge >= 0.3 is 20.2 Å². The zero-order valence-electron chi connectivity index (χ0n) is 22.6. The normalized spacial score (nSPS) is 11.5. The molecule has 216 valence electrons. The smallest absolute Gasteiger partial charge is 0.306 e. The lowest BCUT2D eigenvalue weighted by molar-refractivity contribution is 0.306. The summed E-state index contributed by atoms with van der Waals surface area (Å²) in [6.45, 7) is 0.308. The first-order chi connectivity index (χ1) is 19.4. The number of benzene rings is 4. The summed E-state index contributed by atoms with van der Waals surface area (Å²) in [5.74, 6) is 0.794. The lowest BCUT2D eigenvalue weighted by atomic mass is 9.96. The molecular formula is C29H27ClO9S2. The Hall–Kier alpha value is -3.93. The van der Waals surface area contributed by atoms with Crippen molar-refractivity contribution in [3.63, 3.8) is 0 Å². The van der Waals surface area contributed by atoms with Crippen molar-refractivity contribution in [1.29, 1.82) is 0 Å². The Bertz CT molecular complexity index is 1750. The third kappa shape index (κ3) is 7.63. The summed E-state index contributed by atoms with van der Waals surface area (Å²) < 4.78 is 75.3. The number of hydrogen-bond donors (Lipinski definition) is 0. The van der Waals surface area contributed by atoms with Gasteiger partial charge < -0.3 is 22.6 Å². The predicted octanol–water partition coefficient (Wildman–Crippen LogP) is 5.95. The highest BCUT2D eigenvalue weighted by atomic mass is 35.5. The topological polar surface area (TPSA) is 114 Å². The second-order valence-electron chi connectivity index (χ2n) is 8.88. The average molecular weight is 619 g/mol. The number of hydrogen-bond acceptors (Lipinski definition) is 9. The molecule has 0 saturated carbocycles. The Morgan fingerprint density at radius 1 is 0.683 bits per heavy atom. The van der Waals surface area contributed by atoms with Crippen LogP contribution in [0.4, 0.5) is 0 Å². The summed E-state index contributed by atoms with van der Waals surface area (Å²) in [6.07, 6.45) is 1.86. The van der Waals surface area contributed by atoms with Gasteiger partial charge in [0.2, 0.25) is 0 Å². The molecule has 0 bridgehead atoms. The average Bonchev–Trinajstić information content (AvgIpc) is 2.91. The van der Waals surface area contributed by atoms with Crippen LogP contribution in [0.3, 0.4) is 0 Å². The summed E-state index contributed by atoms with van der Waals surface area (Å²) in [5, 5.41) is 0.287. The van der Waals surface area contributed by atoms with E-state index < -0.39 is 20.2 Å². The second kappa shape index (κ2) is 12.3. The van der Waals surface area contributed by atoms with Crippen molar-refractivity contribution in [2.24, 2.45) is 0 Å². The molecule has 0 atom stereocenters. The molecule has 0 aliphatic heterocycles. The maximum absolute atomic E-state index is 12.4. The minimum atomic E-state index is -4.03. The van der Waals surface area contributed by atoms with Gasteiger partial charge in [0.15, 0.2) is 11.5 Å². The molecule has 0 fully saturated rings. The van der Waals surface area contributed by atoms with Gasteiger partial charge in [0.25, 0.3) is 0 Å². The van der Waals surface area contributed by atoms with Crippen LogP contribution in [0.15, 0.2) is 78.9 Å². The van der Waals surface area contributed by atoms with Crippen LogP contribution in [0.5, 0.6) is 28.7 Å². The molecule has 4 rings (SSSR count). The Labute approximate surface area is 244 Å². The van der Waals surface area contributed by atoms with E-state index in [1.54, 1.807) is 36.4 Å². The first kappa shape index (κ1) is 30.0. The van der Waals surface area contributed by atoms with Crippen molar-refractivity contribution in [3.8, 4) is 51.0 Å². The lowest BCUT2D eigenvalue weighted by Crippen LogP contribution is -2.09. The standard InChI is InChI=1S/C29H27ClO9S2/c1-35-26-17-23(20-10-13-22(14-11-20)38-40(3,31)32)28(36-2)29(39-41(4,33)34)27(26)21-12-15-25(24(30)16-21)37-18-19-8-6-5-7-9-19/h5-17H,18H2,1-4H3.